The molecule has 0 heterocycles. The summed E-state index contributed by atoms with van der Waals surface area (Å²) in [5.74, 6) is 1.45. The second-order valence-electron chi connectivity index (χ2n) is 13.4. The summed E-state index contributed by atoms with van der Waals surface area (Å²) in [4.78, 5) is 0. The lowest BCUT2D eigenvalue weighted by Crippen LogP contribution is -2.26. The van der Waals surface area contributed by atoms with Crippen molar-refractivity contribution in [2.75, 3.05) is 65.4 Å². The minimum Gasteiger partial charge on any atom is -0.317 e. The van der Waals surface area contributed by atoms with Crippen LogP contribution in [0.25, 0.3) is 22.3 Å². The van der Waals surface area contributed by atoms with Crippen molar-refractivity contribution in [1.29, 1.82) is 0 Å². The monoisotopic (exact) mass is 664 g/mol. The van der Waals surface area contributed by atoms with Gasteiger partial charge < -0.3 is 31.9 Å². The van der Waals surface area contributed by atoms with Gasteiger partial charge in [0.15, 0.2) is 0 Å². The van der Waals surface area contributed by atoms with E-state index in [9.17, 15) is 0 Å². The third-order valence-corrected chi connectivity index (χ3v) is 8.05. The van der Waals surface area contributed by atoms with E-state index < -0.39 is 0 Å². The molecule has 7 heteroatoms. The van der Waals surface area contributed by atoms with Crippen LogP contribution in [0.4, 0.5) is 0 Å². The van der Waals surface area contributed by atoms with Crippen molar-refractivity contribution in [3.8, 4) is 22.3 Å². The molecule has 3 aromatic carbocycles. The number of nitrogens with one attached hydrogen (secondary N) is 6. The zero-order valence-corrected chi connectivity index (χ0v) is 30.6. The van der Waals surface area contributed by atoms with Crippen LogP contribution in [0.1, 0.15) is 64.5 Å². The first kappa shape index (κ1) is 40.9. The molecule has 6 N–H and O–H groups in total. The Balaban J connectivity index is 0.00000768. The van der Waals surface area contributed by atoms with Gasteiger partial charge in [-0.15, -0.1) is 12.4 Å². The number of hydrogen-bond acceptors (Lipinski definition) is 6. The summed E-state index contributed by atoms with van der Waals surface area (Å²) in [5.41, 5.74) is 7.73. The Labute approximate surface area is 293 Å². The number of benzene rings is 3. The van der Waals surface area contributed by atoms with Crippen molar-refractivity contribution in [2.24, 2.45) is 11.8 Å². The minimum atomic E-state index is 0. The zero-order valence-electron chi connectivity index (χ0n) is 29.8. The van der Waals surface area contributed by atoms with E-state index in [-0.39, 0.29) is 12.4 Å². The van der Waals surface area contributed by atoms with Crippen molar-refractivity contribution in [3.05, 3.63) is 83.9 Å². The summed E-state index contributed by atoms with van der Waals surface area (Å²) in [6.07, 6.45) is 4.67. The molecule has 0 amide bonds. The standard InChI is InChI=1S/C40H64N6.ClH/c1-33(2)29-43-25-7-21-41-23-9-27-45-31-35-13-17-37(18-14-35)39-11-5-6-12-40(39)38-19-15-36(16-20-38)32-46-28-10-24-42-22-8-26-44-30-34(3)4;/h5-6,11-20,33-34,41-46H,7-10,21-32H2,1-4H3;1H. The Morgan fingerprint density at radius 2 is 0.723 bits per heavy atom. The molecule has 0 aliphatic rings. The van der Waals surface area contributed by atoms with E-state index in [1.54, 1.807) is 0 Å². The van der Waals surface area contributed by atoms with Gasteiger partial charge >= 0.3 is 0 Å². The predicted octanol–water partition coefficient (Wildman–Crippen LogP) is 6.85. The lowest BCUT2D eigenvalue weighted by Gasteiger charge is -2.12. The second kappa shape index (κ2) is 25.7. The summed E-state index contributed by atoms with van der Waals surface area (Å²) in [5, 5.41) is 21.3. The molecule has 0 aliphatic carbocycles. The van der Waals surface area contributed by atoms with Gasteiger partial charge in [-0.1, -0.05) is 100 Å². The van der Waals surface area contributed by atoms with Crippen LogP contribution in [-0.4, -0.2) is 65.4 Å². The molecular formula is C40H65ClN6. The van der Waals surface area contributed by atoms with Gasteiger partial charge in [-0.3, -0.25) is 0 Å². The predicted molar refractivity (Wildman–Crippen MR) is 208 cm³/mol. The Bertz CT molecular complexity index is 1070. The second-order valence-corrected chi connectivity index (χ2v) is 13.4. The Hall–Kier alpha value is -2.29. The normalized spacial score (nSPS) is 11.4. The third-order valence-electron chi connectivity index (χ3n) is 8.05. The molecule has 0 radical (unpaired) electrons. The molecule has 0 unspecified atom stereocenters. The summed E-state index contributed by atoms with van der Waals surface area (Å²) in [7, 11) is 0. The highest BCUT2D eigenvalue weighted by atomic mass is 35.5. The third kappa shape index (κ3) is 18.2. The fourth-order valence-electron chi connectivity index (χ4n) is 5.44. The molecule has 6 nitrogen and oxygen atoms in total. The maximum absolute atomic E-state index is 3.60. The van der Waals surface area contributed by atoms with E-state index in [0.717, 1.165) is 103 Å². The highest BCUT2D eigenvalue weighted by Crippen LogP contribution is 2.32. The zero-order chi connectivity index (χ0) is 32.7. The van der Waals surface area contributed by atoms with Crippen molar-refractivity contribution in [2.45, 2.75) is 66.5 Å². The molecule has 3 aromatic rings. The highest BCUT2D eigenvalue weighted by Gasteiger charge is 2.08. The molecule has 0 saturated carbocycles. The summed E-state index contributed by atoms with van der Waals surface area (Å²) in [6, 6.07) is 26.9. The Morgan fingerprint density at radius 3 is 1.06 bits per heavy atom. The van der Waals surface area contributed by atoms with Gasteiger partial charge in [0, 0.05) is 13.1 Å². The van der Waals surface area contributed by atoms with Crippen LogP contribution in [0.5, 0.6) is 0 Å². The van der Waals surface area contributed by atoms with Crippen molar-refractivity contribution < 1.29 is 0 Å². The van der Waals surface area contributed by atoms with Crippen LogP contribution < -0.4 is 31.9 Å². The lowest BCUT2D eigenvalue weighted by molar-refractivity contribution is 0.525. The van der Waals surface area contributed by atoms with Crippen molar-refractivity contribution >= 4 is 12.4 Å². The van der Waals surface area contributed by atoms with E-state index in [1.165, 1.54) is 46.2 Å². The van der Waals surface area contributed by atoms with Crippen molar-refractivity contribution in [1.82, 2.24) is 31.9 Å². The molecule has 262 valence electrons. The molecule has 3 rings (SSSR count). The van der Waals surface area contributed by atoms with E-state index in [1.807, 2.05) is 0 Å². The molecule has 0 saturated heterocycles. The summed E-state index contributed by atoms with van der Waals surface area (Å²) < 4.78 is 0. The van der Waals surface area contributed by atoms with Crippen LogP contribution >= 0.6 is 12.4 Å². The average molecular weight is 665 g/mol. The van der Waals surface area contributed by atoms with E-state index in [4.69, 9.17) is 0 Å². The van der Waals surface area contributed by atoms with E-state index in [2.05, 4.69) is 132 Å². The van der Waals surface area contributed by atoms with Gasteiger partial charge in [0.05, 0.1) is 0 Å². The van der Waals surface area contributed by atoms with Crippen LogP contribution in [0.2, 0.25) is 0 Å². The van der Waals surface area contributed by atoms with Gasteiger partial charge in [0.25, 0.3) is 0 Å². The maximum Gasteiger partial charge on any atom is 0.0205 e. The Kier molecular flexibility index (Phi) is 22.3. The summed E-state index contributed by atoms with van der Waals surface area (Å²) >= 11 is 0. The molecule has 0 bridgehead atoms. The smallest absolute Gasteiger partial charge is 0.0205 e. The van der Waals surface area contributed by atoms with Gasteiger partial charge in [-0.25, -0.2) is 0 Å². The molecule has 0 aromatic heterocycles. The summed E-state index contributed by atoms with van der Waals surface area (Å²) in [6.45, 7) is 21.6. The highest BCUT2D eigenvalue weighted by molar-refractivity contribution is 5.85. The maximum atomic E-state index is 3.60. The van der Waals surface area contributed by atoms with E-state index in [0.29, 0.717) is 0 Å². The first-order chi connectivity index (χ1) is 22.5. The molecule has 47 heavy (non-hydrogen) atoms. The minimum absolute atomic E-state index is 0. The fraction of sp³-hybridized carbons (Fsp3) is 0.550. The average Bonchev–Trinajstić information content (AvgIpc) is 3.06. The SMILES string of the molecule is CC(C)CNCCCNCCCNCc1ccc(-c2ccccc2-c2ccc(CNCCCNCCCNCC(C)C)cc2)cc1.Cl. The topological polar surface area (TPSA) is 72.2 Å². The molecule has 0 spiro atoms. The lowest BCUT2D eigenvalue weighted by atomic mass is 9.93. The van der Waals surface area contributed by atoms with Crippen LogP contribution in [-0.2, 0) is 13.1 Å². The molecule has 0 aliphatic heterocycles. The van der Waals surface area contributed by atoms with Gasteiger partial charge in [-0.2, -0.15) is 0 Å². The van der Waals surface area contributed by atoms with Crippen molar-refractivity contribution in [3.63, 3.8) is 0 Å². The molecule has 0 fully saturated rings. The van der Waals surface area contributed by atoms with E-state index >= 15 is 0 Å². The number of hydrogen-bond donors (Lipinski definition) is 6. The fourth-order valence-corrected chi connectivity index (χ4v) is 5.44. The van der Waals surface area contributed by atoms with Gasteiger partial charge in [0.2, 0.25) is 0 Å². The molecular weight excluding hydrogens is 600 g/mol. The Morgan fingerprint density at radius 1 is 0.404 bits per heavy atom. The largest absolute Gasteiger partial charge is 0.317 e. The van der Waals surface area contributed by atoms with Crippen LogP contribution in [0, 0.1) is 11.8 Å². The van der Waals surface area contributed by atoms with Gasteiger partial charge in [0.1, 0.15) is 0 Å². The van der Waals surface area contributed by atoms with Crippen LogP contribution in [0.15, 0.2) is 72.8 Å². The molecule has 0 atom stereocenters. The first-order valence-electron chi connectivity index (χ1n) is 18.0. The number of rotatable bonds is 26. The first-order valence-corrected chi connectivity index (χ1v) is 18.0. The number of halogens is 1. The quantitative estimate of drug-likeness (QED) is 0.0528. The van der Waals surface area contributed by atoms with Gasteiger partial charge in [-0.05, 0) is 136 Å². The van der Waals surface area contributed by atoms with Crippen LogP contribution in [0.3, 0.4) is 0 Å².